The van der Waals surface area contributed by atoms with Crippen LogP contribution in [0.15, 0.2) is 12.7 Å². The minimum absolute atomic E-state index is 0.0538. The van der Waals surface area contributed by atoms with E-state index in [2.05, 4.69) is 20.4 Å². The Balaban J connectivity index is 2.39. The summed E-state index contributed by atoms with van der Waals surface area (Å²) in [6.45, 7) is 9.07. The maximum absolute atomic E-state index is 5.50. The molecule has 0 spiro atoms. The van der Waals surface area contributed by atoms with Crippen LogP contribution in [0.25, 0.3) is 0 Å². The standard InChI is InChI=1S/C8H15O3P/c1-4-5-12-10-7-8(2,3)6-9-11-12/h4H,1,5-7H2,2-3H3. The molecular weight excluding hydrogens is 175 g/mol. The lowest BCUT2D eigenvalue weighted by Gasteiger charge is -2.18. The van der Waals surface area contributed by atoms with E-state index in [1.54, 1.807) is 6.08 Å². The van der Waals surface area contributed by atoms with Crippen LogP contribution in [0.1, 0.15) is 13.8 Å². The van der Waals surface area contributed by atoms with Crippen molar-refractivity contribution < 1.29 is 14.1 Å². The first kappa shape index (κ1) is 10.1. The molecule has 0 aromatic carbocycles. The van der Waals surface area contributed by atoms with Gasteiger partial charge < -0.3 is 4.52 Å². The van der Waals surface area contributed by atoms with Crippen LogP contribution in [0.5, 0.6) is 0 Å². The van der Waals surface area contributed by atoms with Gasteiger partial charge in [0.2, 0.25) is 8.38 Å². The van der Waals surface area contributed by atoms with Crippen molar-refractivity contribution in [1.29, 1.82) is 0 Å². The molecule has 1 aliphatic heterocycles. The summed E-state index contributed by atoms with van der Waals surface area (Å²) in [5, 5.41) is 0. The Hall–Kier alpha value is 0.0500. The van der Waals surface area contributed by atoms with Gasteiger partial charge in [-0.25, -0.2) is 4.89 Å². The minimum atomic E-state index is -0.897. The lowest BCUT2D eigenvalue weighted by Crippen LogP contribution is -2.21. The van der Waals surface area contributed by atoms with E-state index in [0.29, 0.717) is 13.2 Å². The minimum Gasteiger partial charge on any atom is -0.331 e. The van der Waals surface area contributed by atoms with E-state index in [4.69, 9.17) is 14.1 Å². The van der Waals surface area contributed by atoms with Crippen molar-refractivity contribution in [2.75, 3.05) is 19.4 Å². The van der Waals surface area contributed by atoms with Crippen LogP contribution in [0.3, 0.4) is 0 Å². The van der Waals surface area contributed by atoms with E-state index in [-0.39, 0.29) is 5.41 Å². The first-order valence-electron chi connectivity index (χ1n) is 3.95. The fourth-order valence-corrected chi connectivity index (χ4v) is 1.83. The fourth-order valence-electron chi connectivity index (χ4n) is 0.743. The molecule has 0 aromatic rings. The molecule has 1 aliphatic rings. The molecule has 0 aromatic heterocycles. The first-order chi connectivity index (χ1) is 5.64. The van der Waals surface area contributed by atoms with Gasteiger partial charge in [0.25, 0.3) is 0 Å². The van der Waals surface area contributed by atoms with Crippen molar-refractivity contribution >= 4 is 8.38 Å². The first-order valence-corrected chi connectivity index (χ1v) is 5.31. The van der Waals surface area contributed by atoms with Gasteiger partial charge in [-0.05, 0) is 0 Å². The van der Waals surface area contributed by atoms with Crippen molar-refractivity contribution in [3.8, 4) is 0 Å². The monoisotopic (exact) mass is 190 g/mol. The molecule has 1 unspecified atom stereocenters. The van der Waals surface area contributed by atoms with Crippen LogP contribution in [0.4, 0.5) is 0 Å². The molecular formula is C8H15O3P. The largest absolute Gasteiger partial charge is 0.331 e. The second-order valence-electron chi connectivity index (χ2n) is 3.58. The van der Waals surface area contributed by atoms with Crippen molar-refractivity contribution in [2.45, 2.75) is 13.8 Å². The highest BCUT2D eigenvalue weighted by atomic mass is 31.2. The van der Waals surface area contributed by atoms with E-state index in [9.17, 15) is 0 Å². The molecule has 70 valence electrons. The summed E-state index contributed by atoms with van der Waals surface area (Å²) < 4.78 is 10.6. The van der Waals surface area contributed by atoms with Crippen LogP contribution in [-0.2, 0) is 14.1 Å². The lowest BCUT2D eigenvalue weighted by atomic mass is 9.97. The van der Waals surface area contributed by atoms with Gasteiger partial charge in [-0.1, -0.05) is 19.9 Å². The van der Waals surface area contributed by atoms with Crippen molar-refractivity contribution in [3.63, 3.8) is 0 Å². The molecule has 0 aliphatic carbocycles. The quantitative estimate of drug-likeness (QED) is 0.380. The molecule has 0 saturated carbocycles. The molecule has 1 heterocycles. The Labute approximate surface area is 74.5 Å². The van der Waals surface area contributed by atoms with Gasteiger partial charge in [0.05, 0.1) is 13.2 Å². The third kappa shape index (κ3) is 3.20. The fraction of sp³-hybridized carbons (Fsp3) is 0.750. The van der Waals surface area contributed by atoms with Gasteiger partial charge in [-0.15, -0.1) is 6.58 Å². The summed E-state index contributed by atoms with van der Waals surface area (Å²) in [5.41, 5.74) is 0.0538. The molecule has 12 heavy (non-hydrogen) atoms. The van der Waals surface area contributed by atoms with Gasteiger partial charge in [-0.3, -0.25) is 0 Å². The summed E-state index contributed by atoms with van der Waals surface area (Å²) in [6, 6.07) is 0. The zero-order chi connectivity index (χ0) is 9.03. The van der Waals surface area contributed by atoms with Crippen LogP contribution >= 0.6 is 8.38 Å². The average molecular weight is 190 g/mol. The van der Waals surface area contributed by atoms with E-state index in [0.717, 1.165) is 6.16 Å². The summed E-state index contributed by atoms with van der Waals surface area (Å²) in [5.74, 6) is 0. The second kappa shape index (κ2) is 4.33. The normalized spacial score (nSPS) is 29.3. The Morgan fingerprint density at radius 3 is 2.92 bits per heavy atom. The molecule has 0 amide bonds. The number of hydrogen-bond acceptors (Lipinski definition) is 3. The molecule has 1 saturated heterocycles. The van der Waals surface area contributed by atoms with E-state index >= 15 is 0 Å². The van der Waals surface area contributed by atoms with E-state index in [1.165, 1.54) is 0 Å². The SMILES string of the molecule is C=CCP1OCC(C)(C)COO1. The summed E-state index contributed by atoms with van der Waals surface area (Å²) in [6.07, 6.45) is 2.51. The molecule has 1 fully saturated rings. The van der Waals surface area contributed by atoms with Gasteiger partial charge >= 0.3 is 0 Å². The molecule has 4 heteroatoms. The zero-order valence-electron chi connectivity index (χ0n) is 7.58. The Morgan fingerprint density at radius 1 is 1.50 bits per heavy atom. The van der Waals surface area contributed by atoms with Crippen molar-refractivity contribution in [1.82, 2.24) is 0 Å². The Kier molecular flexibility index (Phi) is 3.66. The molecule has 3 nitrogen and oxygen atoms in total. The highest BCUT2D eigenvalue weighted by molar-refractivity contribution is 7.47. The zero-order valence-corrected chi connectivity index (χ0v) is 8.47. The summed E-state index contributed by atoms with van der Waals surface area (Å²) in [4.78, 5) is 5.03. The topological polar surface area (TPSA) is 27.7 Å². The number of allylic oxidation sites excluding steroid dienone is 1. The average Bonchev–Trinajstić information content (AvgIpc) is 2.14. The van der Waals surface area contributed by atoms with Crippen molar-refractivity contribution in [3.05, 3.63) is 12.7 Å². The Bertz CT molecular complexity index is 158. The van der Waals surface area contributed by atoms with Gasteiger partial charge in [0.1, 0.15) is 0 Å². The van der Waals surface area contributed by atoms with Crippen molar-refractivity contribution in [2.24, 2.45) is 5.41 Å². The predicted octanol–water partition coefficient (Wildman–Crippen LogP) is 2.49. The highest BCUT2D eigenvalue weighted by Crippen LogP contribution is 2.43. The number of rotatable bonds is 2. The second-order valence-corrected chi connectivity index (χ2v) is 5.02. The van der Waals surface area contributed by atoms with Crippen LogP contribution in [-0.4, -0.2) is 19.4 Å². The molecule has 0 N–H and O–H groups in total. The number of hydrogen-bond donors (Lipinski definition) is 0. The maximum atomic E-state index is 5.50. The van der Waals surface area contributed by atoms with Crippen LogP contribution < -0.4 is 0 Å². The predicted molar refractivity (Wildman–Crippen MR) is 48.8 cm³/mol. The maximum Gasteiger partial charge on any atom is 0.212 e. The van der Waals surface area contributed by atoms with Gasteiger partial charge in [0.15, 0.2) is 0 Å². The highest BCUT2D eigenvalue weighted by Gasteiger charge is 2.26. The molecule has 0 bridgehead atoms. The molecule has 1 rings (SSSR count). The molecule has 0 radical (unpaired) electrons. The Morgan fingerprint density at radius 2 is 2.25 bits per heavy atom. The van der Waals surface area contributed by atoms with Crippen LogP contribution in [0, 0.1) is 5.41 Å². The lowest BCUT2D eigenvalue weighted by molar-refractivity contribution is -0.214. The summed E-state index contributed by atoms with van der Waals surface area (Å²) >= 11 is 0. The van der Waals surface area contributed by atoms with E-state index < -0.39 is 8.38 Å². The third-order valence-electron chi connectivity index (χ3n) is 1.46. The van der Waals surface area contributed by atoms with Gasteiger partial charge in [-0.2, -0.15) is 4.67 Å². The molecule has 1 atom stereocenters. The third-order valence-corrected chi connectivity index (χ3v) is 2.71. The van der Waals surface area contributed by atoms with E-state index in [1.807, 2.05) is 0 Å². The summed E-state index contributed by atoms with van der Waals surface area (Å²) in [7, 11) is -0.897. The van der Waals surface area contributed by atoms with Crippen LogP contribution in [0.2, 0.25) is 0 Å². The van der Waals surface area contributed by atoms with Gasteiger partial charge in [0, 0.05) is 11.6 Å². The smallest absolute Gasteiger partial charge is 0.212 e.